The van der Waals surface area contributed by atoms with Crippen LogP contribution in [0.25, 0.3) is 0 Å². The van der Waals surface area contributed by atoms with Gasteiger partial charge in [-0.1, -0.05) is 25.2 Å². The van der Waals surface area contributed by atoms with Gasteiger partial charge in [0.2, 0.25) is 11.0 Å². The molecule has 90 valence electrons. The van der Waals surface area contributed by atoms with Crippen molar-refractivity contribution in [2.75, 3.05) is 18.9 Å². The Balaban J connectivity index is 2.60. The van der Waals surface area contributed by atoms with Crippen LogP contribution < -0.4 is 10.6 Å². The van der Waals surface area contributed by atoms with E-state index in [0.29, 0.717) is 17.6 Å². The van der Waals surface area contributed by atoms with Gasteiger partial charge in [-0.05, 0) is 19.9 Å². The van der Waals surface area contributed by atoms with Crippen molar-refractivity contribution in [1.29, 1.82) is 0 Å². The zero-order chi connectivity index (χ0) is 12.0. The smallest absolute Gasteiger partial charge is 0.240 e. The van der Waals surface area contributed by atoms with Crippen molar-refractivity contribution in [2.24, 2.45) is 0 Å². The molecule has 0 spiro atoms. The molecule has 0 aliphatic rings. The van der Waals surface area contributed by atoms with E-state index in [1.165, 1.54) is 11.3 Å². The Kier molecular flexibility index (Phi) is 5.34. The monoisotopic (exact) mass is 242 g/mol. The van der Waals surface area contributed by atoms with Gasteiger partial charge in [0.25, 0.3) is 0 Å². The number of carbonyl (C=O) groups is 1. The van der Waals surface area contributed by atoms with Crippen molar-refractivity contribution in [3.8, 4) is 0 Å². The van der Waals surface area contributed by atoms with Crippen LogP contribution in [-0.4, -0.2) is 29.7 Å². The van der Waals surface area contributed by atoms with Crippen LogP contribution in [0, 0.1) is 0 Å². The third kappa shape index (κ3) is 3.53. The third-order valence-electron chi connectivity index (χ3n) is 2.36. The molecule has 1 rings (SSSR count). The van der Waals surface area contributed by atoms with E-state index < -0.39 is 0 Å². The molecule has 6 heteroatoms. The number of likely N-dealkylation sites (N-methyl/N-ethyl adjacent to an activating group) is 1. The largest absolute Gasteiger partial charge is 0.311 e. The lowest BCUT2D eigenvalue weighted by atomic mass is 10.1. The maximum absolute atomic E-state index is 11.3. The van der Waals surface area contributed by atoms with Crippen LogP contribution in [0.5, 0.6) is 0 Å². The van der Waals surface area contributed by atoms with Gasteiger partial charge < -0.3 is 5.32 Å². The average molecular weight is 242 g/mol. The van der Waals surface area contributed by atoms with Crippen LogP contribution in [0.4, 0.5) is 5.13 Å². The molecule has 1 aromatic heterocycles. The van der Waals surface area contributed by atoms with E-state index in [0.717, 1.165) is 17.8 Å². The summed E-state index contributed by atoms with van der Waals surface area (Å²) < 4.78 is 0. The predicted molar refractivity (Wildman–Crippen MR) is 65.8 cm³/mol. The molecule has 0 unspecified atom stereocenters. The van der Waals surface area contributed by atoms with E-state index in [1.54, 1.807) is 7.05 Å². The molecule has 0 fully saturated rings. The molecule has 1 aromatic rings. The molecule has 2 N–H and O–H groups in total. The molecule has 0 aromatic carbocycles. The van der Waals surface area contributed by atoms with Crippen molar-refractivity contribution in [1.82, 2.24) is 15.5 Å². The lowest BCUT2D eigenvalue weighted by molar-refractivity contribution is -0.115. The van der Waals surface area contributed by atoms with Crippen LogP contribution in [0.15, 0.2) is 0 Å². The molecule has 0 atom stereocenters. The Labute approximate surface area is 99.7 Å². The highest BCUT2D eigenvalue weighted by atomic mass is 32.1. The van der Waals surface area contributed by atoms with E-state index in [-0.39, 0.29) is 5.91 Å². The molecular weight excluding hydrogens is 224 g/mol. The Morgan fingerprint density at radius 3 is 2.62 bits per heavy atom. The molecule has 0 aliphatic heterocycles. The Morgan fingerprint density at radius 2 is 2.06 bits per heavy atom. The quantitative estimate of drug-likeness (QED) is 0.795. The van der Waals surface area contributed by atoms with E-state index in [1.807, 2.05) is 0 Å². The summed E-state index contributed by atoms with van der Waals surface area (Å²) in [7, 11) is 1.73. The van der Waals surface area contributed by atoms with Gasteiger partial charge in [-0.25, -0.2) is 0 Å². The molecule has 1 amide bonds. The fourth-order valence-electron chi connectivity index (χ4n) is 1.41. The fourth-order valence-corrected chi connectivity index (χ4v) is 2.44. The summed E-state index contributed by atoms with van der Waals surface area (Å²) in [5.41, 5.74) is 0. The van der Waals surface area contributed by atoms with Gasteiger partial charge in [0.1, 0.15) is 5.01 Å². The minimum Gasteiger partial charge on any atom is -0.311 e. The highest BCUT2D eigenvalue weighted by Gasteiger charge is 2.14. The Bertz CT molecular complexity index is 335. The Hall–Kier alpha value is -1.01. The normalized spacial score (nSPS) is 10.8. The minimum atomic E-state index is -0.0882. The van der Waals surface area contributed by atoms with E-state index >= 15 is 0 Å². The highest BCUT2D eigenvalue weighted by Crippen LogP contribution is 2.27. The van der Waals surface area contributed by atoms with Gasteiger partial charge in [0.15, 0.2) is 0 Å². The lowest BCUT2D eigenvalue weighted by Gasteiger charge is -2.05. The summed E-state index contributed by atoms with van der Waals surface area (Å²) in [5.74, 6) is 0.363. The van der Waals surface area contributed by atoms with Crippen LogP contribution in [0.1, 0.15) is 37.6 Å². The molecule has 0 bridgehead atoms. The van der Waals surface area contributed by atoms with Crippen LogP contribution in [-0.2, 0) is 4.79 Å². The minimum absolute atomic E-state index is 0.0882. The molecule has 16 heavy (non-hydrogen) atoms. The number of aromatic nitrogens is 2. The summed E-state index contributed by atoms with van der Waals surface area (Å²) in [5, 5.41) is 15.2. The van der Waals surface area contributed by atoms with Crippen molar-refractivity contribution >= 4 is 22.4 Å². The molecule has 0 radical (unpaired) electrons. The number of nitrogens with zero attached hydrogens (tertiary/aromatic N) is 2. The molecule has 0 saturated heterocycles. The number of nitrogens with one attached hydrogen (secondary N) is 2. The summed E-state index contributed by atoms with van der Waals surface area (Å²) >= 11 is 1.46. The first-order valence-electron chi connectivity index (χ1n) is 5.49. The van der Waals surface area contributed by atoms with Crippen LogP contribution in [0.3, 0.4) is 0 Å². The zero-order valence-electron chi connectivity index (χ0n) is 9.91. The second kappa shape index (κ2) is 6.55. The first-order valence-corrected chi connectivity index (χ1v) is 6.30. The average Bonchev–Trinajstić information content (AvgIpc) is 2.68. The molecule has 0 aliphatic carbocycles. The van der Waals surface area contributed by atoms with Gasteiger partial charge in [-0.3, -0.25) is 10.1 Å². The molecule has 5 nitrogen and oxygen atoms in total. The number of amides is 1. The SMILES string of the molecule is CCC(CC)c1nnc(NC(=O)CNC)s1. The maximum Gasteiger partial charge on any atom is 0.240 e. The van der Waals surface area contributed by atoms with Crippen molar-refractivity contribution < 1.29 is 4.79 Å². The van der Waals surface area contributed by atoms with Crippen molar-refractivity contribution in [3.63, 3.8) is 0 Å². The predicted octanol–water partition coefficient (Wildman–Crippen LogP) is 1.60. The number of carbonyl (C=O) groups excluding carboxylic acids is 1. The highest BCUT2D eigenvalue weighted by molar-refractivity contribution is 7.15. The zero-order valence-corrected chi connectivity index (χ0v) is 10.7. The van der Waals surface area contributed by atoms with Gasteiger partial charge in [-0.2, -0.15) is 0 Å². The van der Waals surface area contributed by atoms with Gasteiger partial charge >= 0.3 is 0 Å². The van der Waals surface area contributed by atoms with Gasteiger partial charge in [-0.15, -0.1) is 10.2 Å². The topological polar surface area (TPSA) is 66.9 Å². The van der Waals surface area contributed by atoms with Crippen LogP contribution in [0.2, 0.25) is 0 Å². The van der Waals surface area contributed by atoms with E-state index in [9.17, 15) is 4.79 Å². The first kappa shape index (κ1) is 13.1. The van der Waals surface area contributed by atoms with Crippen molar-refractivity contribution in [2.45, 2.75) is 32.6 Å². The van der Waals surface area contributed by atoms with Crippen molar-refractivity contribution in [3.05, 3.63) is 5.01 Å². The molecule has 1 heterocycles. The number of hydrogen-bond donors (Lipinski definition) is 2. The summed E-state index contributed by atoms with van der Waals surface area (Å²) in [6.07, 6.45) is 2.10. The summed E-state index contributed by atoms with van der Waals surface area (Å²) in [6, 6.07) is 0. The molecular formula is C10H18N4OS. The molecule has 0 saturated carbocycles. The standard InChI is InChI=1S/C10H18N4OS/c1-4-7(5-2)9-13-14-10(16-9)12-8(15)6-11-3/h7,11H,4-6H2,1-3H3,(H,12,14,15). The van der Waals surface area contributed by atoms with Gasteiger partial charge in [0, 0.05) is 5.92 Å². The van der Waals surface area contributed by atoms with E-state index in [2.05, 4.69) is 34.7 Å². The second-order valence-electron chi connectivity index (χ2n) is 3.54. The van der Waals surface area contributed by atoms with E-state index in [4.69, 9.17) is 0 Å². The maximum atomic E-state index is 11.3. The Morgan fingerprint density at radius 1 is 1.38 bits per heavy atom. The third-order valence-corrected chi connectivity index (χ3v) is 3.36. The second-order valence-corrected chi connectivity index (χ2v) is 4.55. The number of hydrogen-bond acceptors (Lipinski definition) is 5. The van der Waals surface area contributed by atoms with Crippen LogP contribution >= 0.6 is 11.3 Å². The first-order chi connectivity index (χ1) is 7.71. The number of rotatable bonds is 6. The lowest BCUT2D eigenvalue weighted by Crippen LogP contribution is -2.24. The summed E-state index contributed by atoms with van der Waals surface area (Å²) in [6.45, 7) is 4.56. The summed E-state index contributed by atoms with van der Waals surface area (Å²) in [4.78, 5) is 11.3. The number of anilines is 1. The van der Waals surface area contributed by atoms with Gasteiger partial charge in [0.05, 0.1) is 6.54 Å². The fraction of sp³-hybridized carbons (Fsp3) is 0.700.